The second-order valence-electron chi connectivity index (χ2n) is 10.3. The first kappa shape index (κ1) is 23.0. The minimum absolute atomic E-state index is 0.224. The van der Waals surface area contributed by atoms with Crippen molar-refractivity contribution in [2.45, 2.75) is 36.8 Å². The number of hydrogen-bond donors (Lipinski definition) is 2. The summed E-state index contributed by atoms with van der Waals surface area (Å²) in [6, 6.07) is 17.6. The molecule has 0 aliphatic carbocycles. The minimum Gasteiger partial charge on any atom is -0.325 e. The summed E-state index contributed by atoms with van der Waals surface area (Å²) >= 11 is 13.0. The average molecular weight is 532 g/mol. The summed E-state index contributed by atoms with van der Waals surface area (Å²) in [6.45, 7) is 2.45. The van der Waals surface area contributed by atoms with Crippen molar-refractivity contribution in [3.63, 3.8) is 0 Å². The fraction of sp³-hybridized carbons (Fsp3) is 0.276. The van der Waals surface area contributed by atoms with Gasteiger partial charge in [-0.15, -0.1) is 0 Å². The van der Waals surface area contributed by atoms with E-state index in [9.17, 15) is 14.4 Å². The molecule has 4 aliphatic heterocycles. The third kappa shape index (κ3) is 2.54. The number of fused-ring (bicyclic) bond motifs is 7. The van der Waals surface area contributed by atoms with Crippen LogP contribution in [-0.2, 0) is 20.5 Å². The summed E-state index contributed by atoms with van der Waals surface area (Å²) in [6.07, 6.45) is 1.50. The third-order valence-corrected chi connectivity index (χ3v) is 9.63. The van der Waals surface area contributed by atoms with E-state index in [0.717, 1.165) is 12.0 Å². The number of anilines is 2. The molecule has 0 radical (unpaired) electrons. The van der Waals surface area contributed by atoms with Crippen molar-refractivity contribution in [2.24, 2.45) is 5.92 Å². The molecule has 7 rings (SSSR count). The van der Waals surface area contributed by atoms with Crippen molar-refractivity contribution in [3.8, 4) is 0 Å². The lowest BCUT2D eigenvalue weighted by atomic mass is 9.57. The Labute approximate surface area is 223 Å². The SMILES string of the molecule is Cc1c(Cl)ccc2c1NC(=O)C21N2CCCC2C(C(=O)c2ccccc2Cl)C12C(=O)Nc1ccccc12. The molecule has 3 aromatic rings. The van der Waals surface area contributed by atoms with Gasteiger partial charge in [-0.1, -0.05) is 59.6 Å². The van der Waals surface area contributed by atoms with Crippen LogP contribution in [-0.4, -0.2) is 35.1 Å². The molecule has 4 unspecified atom stereocenters. The first-order valence-electron chi connectivity index (χ1n) is 12.4. The molecule has 0 aromatic heterocycles. The highest BCUT2D eigenvalue weighted by Gasteiger charge is 2.81. The lowest BCUT2D eigenvalue weighted by Crippen LogP contribution is -2.62. The van der Waals surface area contributed by atoms with Crippen molar-refractivity contribution >= 4 is 52.2 Å². The Hall–Kier alpha value is -3.19. The fourth-order valence-electron chi connectivity index (χ4n) is 7.59. The Morgan fingerprint density at radius 1 is 0.919 bits per heavy atom. The highest BCUT2D eigenvalue weighted by atomic mass is 35.5. The van der Waals surface area contributed by atoms with Gasteiger partial charge in [-0.3, -0.25) is 19.3 Å². The molecule has 0 bridgehead atoms. The summed E-state index contributed by atoms with van der Waals surface area (Å²) in [7, 11) is 0. The average Bonchev–Trinajstić information content (AvgIpc) is 3.60. The van der Waals surface area contributed by atoms with Gasteiger partial charge in [0.15, 0.2) is 5.78 Å². The maximum absolute atomic E-state index is 14.6. The predicted octanol–water partition coefficient (Wildman–Crippen LogP) is 5.32. The molecule has 186 valence electrons. The lowest BCUT2D eigenvalue weighted by molar-refractivity contribution is -0.137. The van der Waals surface area contributed by atoms with E-state index in [0.29, 0.717) is 51.1 Å². The van der Waals surface area contributed by atoms with Gasteiger partial charge in [0, 0.05) is 27.9 Å². The standard InChI is InChI=1S/C29H23Cl2N3O3/c1-15-19(30)13-12-18-24(15)33-27(37)29(18)28(17-8-3-5-10-21(17)32-26(28)36)23(22-11-6-14-34(22)29)25(35)16-7-2-4-9-20(16)31/h2-5,7-10,12-13,22-23H,6,11,14H2,1H3,(H,32,36)(H,33,37). The van der Waals surface area contributed by atoms with E-state index in [2.05, 4.69) is 15.5 Å². The minimum atomic E-state index is -1.50. The molecule has 2 fully saturated rings. The molecule has 37 heavy (non-hydrogen) atoms. The second kappa shape index (κ2) is 7.67. The molecule has 4 heterocycles. The van der Waals surface area contributed by atoms with Crippen LogP contribution in [0.3, 0.4) is 0 Å². The van der Waals surface area contributed by atoms with Crippen LogP contribution >= 0.6 is 23.2 Å². The molecule has 6 nitrogen and oxygen atoms in total. The Morgan fingerprint density at radius 2 is 1.68 bits per heavy atom. The van der Waals surface area contributed by atoms with E-state index < -0.39 is 16.9 Å². The second-order valence-corrected chi connectivity index (χ2v) is 11.1. The van der Waals surface area contributed by atoms with Crippen LogP contribution in [0.1, 0.15) is 39.9 Å². The normalized spacial score (nSPS) is 29.4. The summed E-state index contributed by atoms with van der Waals surface area (Å²) in [5.41, 5.74) is 0.770. The van der Waals surface area contributed by atoms with Crippen molar-refractivity contribution in [3.05, 3.63) is 93.0 Å². The molecular weight excluding hydrogens is 509 g/mol. The number of hydrogen-bond acceptors (Lipinski definition) is 4. The Balaban J connectivity index is 1.61. The number of para-hydroxylation sites is 1. The van der Waals surface area contributed by atoms with Gasteiger partial charge < -0.3 is 10.6 Å². The van der Waals surface area contributed by atoms with E-state index in [1.807, 2.05) is 37.3 Å². The number of carbonyl (C=O) groups excluding carboxylic acids is 3. The zero-order chi connectivity index (χ0) is 25.7. The quantitative estimate of drug-likeness (QED) is 0.439. The third-order valence-electron chi connectivity index (χ3n) is 8.89. The van der Waals surface area contributed by atoms with E-state index >= 15 is 0 Å². The largest absolute Gasteiger partial charge is 0.325 e. The molecule has 2 N–H and O–H groups in total. The maximum atomic E-state index is 14.6. The van der Waals surface area contributed by atoms with Crippen molar-refractivity contribution in [1.29, 1.82) is 0 Å². The van der Waals surface area contributed by atoms with Crippen molar-refractivity contribution in [1.82, 2.24) is 4.90 Å². The molecule has 4 atom stereocenters. The number of benzene rings is 3. The Bertz CT molecular complexity index is 1560. The number of nitrogens with one attached hydrogen (secondary N) is 2. The smallest absolute Gasteiger partial charge is 0.251 e. The van der Waals surface area contributed by atoms with Gasteiger partial charge in [0.2, 0.25) is 5.91 Å². The molecule has 2 amide bonds. The molecule has 8 heteroatoms. The van der Waals surface area contributed by atoms with E-state index in [4.69, 9.17) is 23.2 Å². The zero-order valence-electron chi connectivity index (χ0n) is 20.0. The predicted molar refractivity (Wildman–Crippen MR) is 142 cm³/mol. The summed E-state index contributed by atoms with van der Waals surface area (Å²) in [5, 5.41) is 6.99. The molecule has 2 spiro atoms. The van der Waals surface area contributed by atoms with Crippen LogP contribution < -0.4 is 10.6 Å². The first-order valence-corrected chi connectivity index (χ1v) is 13.2. The van der Waals surface area contributed by atoms with E-state index in [1.54, 1.807) is 30.3 Å². The van der Waals surface area contributed by atoms with E-state index in [-0.39, 0.29) is 23.6 Å². The van der Waals surface area contributed by atoms with Crippen LogP contribution in [0, 0.1) is 12.8 Å². The van der Waals surface area contributed by atoms with Gasteiger partial charge in [-0.2, -0.15) is 0 Å². The fourth-order valence-corrected chi connectivity index (χ4v) is 7.98. The highest BCUT2D eigenvalue weighted by molar-refractivity contribution is 6.34. The number of halogens is 2. The van der Waals surface area contributed by atoms with Crippen LogP contribution in [0.5, 0.6) is 0 Å². The van der Waals surface area contributed by atoms with Gasteiger partial charge >= 0.3 is 0 Å². The van der Waals surface area contributed by atoms with Gasteiger partial charge in [-0.25, -0.2) is 0 Å². The molecule has 4 aliphatic rings. The summed E-state index contributed by atoms with van der Waals surface area (Å²) in [5.74, 6) is -1.70. The van der Waals surface area contributed by atoms with Gasteiger partial charge in [-0.05, 0) is 61.7 Å². The molecular formula is C29H23Cl2N3O3. The Morgan fingerprint density at radius 3 is 2.49 bits per heavy atom. The van der Waals surface area contributed by atoms with Crippen LogP contribution in [0.15, 0.2) is 60.7 Å². The number of ketones is 1. The monoisotopic (exact) mass is 531 g/mol. The Kier molecular flexibility index (Phi) is 4.76. The van der Waals surface area contributed by atoms with Crippen molar-refractivity contribution < 1.29 is 14.4 Å². The number of rotatable bonds is 2. The molecule has 2 saturated heterocycles. The molecule has 0 saturated carbocycles. The van der Waals surface area contributed by atoms with Crippen molar-refractivity contribution in [2.75, 3.05) is 17.2 Å². The van der Waals surface area contributed by atoms with Gasteiger partial charge in [0.25, 0.3) is 5.91 Å². The lowest BCUT2D eigenvalue weighted by Gasteiger charge is -2.43. The topological polar surface area (TPSA) is 78.5 Å². The van der Waals surface area contributed by atoms with Crippen LogP contribution in [0.4, 0.5) is 11.4 Å². The maximum Gasteiger partial charge on any atom is 0.251 e. The molecule has 3 aromatic carbocycles. The van der Waals surface area contributed by atoms with Gasteiger partial charge in [0.05, 0.1) is 16.6 Å². The zero-order valence-corrected chi connectivity index (χ0v) is 21.5. The van der Waals surface area contributed by atoms with E-state index in [1.165, 1.54) is 0 Å². The number of Topliss-reactive ketones (excluding diaryl/α,β-unsaturated/α-hetero) is 1. The summed E-state index contributed by atoms with van der Waals surface area (Å²) in [4.78, 5) is 45.6. The number of amides is 2. The summed E-state index contributed by atoms with van der Waals surface area (Å²) < 4.78 is 0. The van der Waals surface area contributed by atoms with Gasteiger partial charge in [0.1, 0.15) is 11.0 Å². The first-order chi connectivity index (χ1) is 17.8. The van der Waals surface area contributed by atoms with Crippen LogP contribution in [0.2, 0.25) is 10.0 Å². The number of carbonyl (C=O) groups is 3. The van der Waals surface area contributed by atoms with Crippen LogP contribution in [0.25, 0.3) is 0 Å². The highest BCUT2D eigenvalue weighted by Crippen LogP contribution is 2.68. The number of nitrogens with zero attached hydrogens (tertiary/aromatic N) is 1.